The number of halogens is 1. The maximum Gasteiger partial charge on any atom is 0.294 e. The standard InChI is InChI=1S/C16H20ClN5O3S/c1-3-22-14(17)8-19-15(16(22)23)20-13-10-21(26(2,24)25)9-11(13)12-6-4-5-7-18-12/h4-8,11,13H,3,9-10H2,1-2H3,(H,19,20)/t11-,13+/m0/s1. The van der Waals surface area contributed by atoms with Crippen LogP contribution in [0.2, 0.25) is 5.15 Å². The van der Waals surface area contributed by atoms with Crippen molar-refractivity contribution in [1.29, 1.82) is 0 Å². The van der Waals surface area contributed by atoms with Gasteiger partial charge in [0.05, 0.1) is 18.5 Å². The molecule has 0 spiro atoms. The molecule has 0 saturated carbocycles. The van der Waals surface area contributed by atoms with Crippen molar-refractivity contribution in [3.63, 3.8) is 0 Å². The summed E-state index contributed by atoms with van der Waals surface area (Å²) in [6.07, 6.45) is 4.25. The third kappa shape index (κ3) is 3.74. The van der Waals surface area contributed by atoms with Crippen molar-refractivity contribution in [3.8, 4) is 0 Å². The normalized spacial score (nSPS) is 21.0. The highest BCUT2D eigenvalue weighted by atomic mass is 35.5. The number of nitrogens with zero attached hydrogens (tertiary/aromatic N) is 4. The number of rotatable bonds is 5. The van der Waals surface area contributed by atoms with Gasteiger partial charge in [-0.05, 0) is 19.1 Å². The fourth-order valence-electron chi connectivity index (χ4n) is 3.12. The second kappa shape index (κ2) is 7.34. The highest BCUT2D eigenvalue weighted by Crippen LogP contribution is 2.29. The van der Waals surface area contributed by atoms with Crippen molar-refractivity contribution in [3.05, 3.63) is 51.8 Å². The van der Waals surface area contributed by atoms with Gasteiger partial charge in [0.1, 0.15) is 5.15 Å². The fraction of sp³-hybridized carbons (Fsp3) is 0.438. The van der Waals surface area contributed by atoms with Gasteiger partial charge in [-0.25, -0.2) is 13.4 Å². The number of hydrogen-bond donors (Lipinski definition) is 1. The number of sulfonamides is 1. The summed E-state index contributed by atoms with van der Waals surface area (Å²) in [5.41, 5.74) is 0.429. The molecule has 26 heavy (non-hydrogen) atoms. The summed E-state index contributed by atoms with van der Waals surface area (Å²) < 4.78 is 26.8. The topological polar surface area (TPSA) is 97.2 Å². The predicted molar refractivity (Wildman–Crippen MR) is 100.0 cm³/mol. The maximum absolute atomic E-state index is 12.5. The van der Waals surface area contributed by atoms with Gasteiger partial charge in [-0.2, -0.15) is 4.31 Å². The largest absolute Gasteiger partial charge is 0.361 e. The second-order valence-electron chi connectivity index (χ2n) is 6.17. The Hall–Kier alpha value is -1.97. The van der Waals surface area contributed by atoms with E-state index in [0.29, 0.717) is 13.1 Å². The molecule has 3 heterocycles. The molecule has 1 aliphatic rings. The minimum atomic E-state index is -3.36. The quantitative estimate of drug-likeness (QED) is 0.812. The summed E-state index contributed by atoms with van der Waals surface area (Å²) in [4.78, 5) is 21.0. The molecule has 1 fully saturated rings. The van der Waals surface area contributed by atoms with Gasteiger partial charge in [0.15, 0.2) is 5.82 Å². The highest BCUT2D eigenvalue weighted by molar-refractivity contribution is 7.88. The molecular formula is C16H20ClN5O3S. The van der Waals surface area contributed by atoms with Crippen molar-refractivity contribution < 1.29 is 8.42 Å². The zero-order valence-electron chi connectivity index (χ0n) is 14.5. The Morgan fingerprint density at radius 2 is 2.08 bits per heavy atom. The summed E-state index contributed by atoms with van der Waals surface area (Å²) in [5, 5.41) is 3.37. The lowest BCUT2D eigenvalue weighted by Gasteiger charge is -2.20. The molecule has 10 heteroatoms. The molecule has 140 valence electrons. The van der Waals surface area contributed by atoms with Gasteiger partial charge in [-0.3, -0.25) is 14.3 Å². The summed E-state index contributed by atoms with van der Waals surface area (Å²) in [6, 6.07) is 5.18. The van der Waals surface area contributed by atoms with Crippen LogP contribution in [0.1, 0.15) is 18.5 Å². The Bertz CT molecular complexity index is 948. The minimum absolute atomic E-state index is 0.150. The molecule has 1 N–H and O–H groups in total. The van der Waals surface area contributed by atoms with Gasteiger partial charge in [-0.1, -0.05) is 17.7 Å². The summed E-state index contributed by atoms with van der Waals surface area (Å²) in [5.74, 6) is -0.0459. The first-order valence-electron chi connectivity index (χ1n) is 8.19. The fourth-order valence-corrected chi connectivity index (χ4v) is 4.22. The molecule has 0 unspecified atom stereocenters. The first-order chi connectivity index (χ1) is 12.3. The molecule has 2 aromatic rings. The first kappa shape index (κ1) is 18.8. The first-order valence-corrected chi connectivity index (χ1v) is 10.4. The third-order valence-corrected chi connectivity index (χ3v) is 6.00. The van der Waals surface area contributed by atoms with Crippen LogP contribution in [0.15, 0.2) is 35.4 Å². The van der Waals surface area contributed by atoms with E-state index < -0.39 is 10.0 Å². The molecule has 0 aliphatic carbocycles. The molecule has 2 atom stereocenters. The second-order valence-corrected chi connectivity index (χ2v) is 8.54. The van der Waals surface area contributed by atoms with Gasteiger partial charge in [-0.15, -0.1) is 0 Å². The molecule has 1 aliphatic heterocycles. The zero-order chi connectivity index (χ0) is 18.9. The van der Waals surface area contributed by atoms with E-state index in [1.807, 2.05) is 19.1 Å². The van der Waals surface area contributed by atoms with Gasteiger partial charge in [0.2, 0.25) is 10.0 Å². The van der Waals surface area contributed by atoms with Crippen LogP contribution in [0.4, 0.5) is 5.82 Å². The number of aromatic nitrogens is 3. The lowest BCUT2D eigenvalue weighted by molar-refractivity contribution is 0.476. The molecule has 0 bridgehead atoms. The average Bonchev–Trinajstić information content (AvgIpc) is 3.03. The molecule has 2 aromatic heterocycles. The van der Waals surface area contributed by atoms with Gasteiger partial charge in [0, 0.05) is 37.4 Å². The third-order valence-electron chi connectivity index (χ3n) is 4.47. The maximum atomic E-state index is 12.5. The smallest absolute Gasteiger partial charge is 0.294 e. The van der Waals surface area contributed by atoms with Crippen molar-refractivity contribution in [2.45, 2.75) is 25.4 Å². The number of nitrogens with one attached hydrogen (secondary N) is 1. The molecule has 0 aromatic carbocycles. The highest BCUT2D eigenvalue weighted by Gasteiger charge is 2.39. The summed E-state index contributed by atoms with van der Waals surface area (Å²) >= 11 is 6.00. The van der Waals surface area contributed by atoms with E-state index in [4.69, 9.17) is 11.6 Å². The van der Waals surface area contributed by atoms with E-state index >= 15 is 0 Å². The van der Waals surface area contributed by atoms with Crippen LogP contribution in [0.3, 0.4) is 0 Å². The van der Waals surface area contributed by atoms with E-state index in [1.165, 1.54) is 21.3 Å². The van der Waals surface area contributed by atoms with Crippen LogP contribution < -0.4 is 10.9 Å². The Morgan fingerprint density at radius 3 is 2.69 bits per heavy atom. The summed E-state index contributed by atoms with van der Waals surface area (Å²) in [7, 11) is -3.36. The lowest BCUT2D eigenvalue weighted by atomic mass is 9.99. The van der Waals surface area contributed by atoms with E-state index in [1.54, 1.807) is 12.3 Å². The van der Waals surface area contributed by atoms with Crippen molar-refractivity contribution in [2.75, 3.05) is 24.7 Å². The summed E-state index contributed by atoms with van der Waals surface area (Å²) in [6.45, 7) is 2.76. The van der Waals surface area contributed by atoms with Crippen LogP contribution in [0.25, 0.3) is 0 Å². The lowest BCUT2D eigenvalue weighted by Crippen LogP contribution is -2.34. The van der Waals surface area contributed by atoms with Crippen LogP contribution in [0.5, 0.6) is 0 Å². The molecular weight excluding hydrogens is 378 g/mol. The van der Waals surface area contributed by atoms with Crippen LogP contribution in [-0.2, 0) is 16.6 Å². The molecule has 0 radical (unpaired) electrons. The van der Waals surface area contributed by atoms with Crippen molar-refractivity contribution >= 4 is 27.4 Å². The predicted octanol–water partition coefficient (Wildman–Crippen LogP) is 1.15. The molecule has 1 saturated heterocycles. The van der Waals surface area contributed by atoms with Crippen molar-refractivity contribution in [2.24, 2.45) is 0 Å². The molecule has 0 amide bonds. The van der Waals surface area contributed by atoms with E-state index in [2.05, 4.69) is 15.3 Å². The molecule has 3 rings (SSSR count). The minimum Gasteiger partial charge on any atom is -0.361 e. The van der Waals surface area contributed by atoms with Crippen molar-refractivity contribution in [1.82, 2.24) is 18.8 Å². The average molecular weight is 398 g/mol. The number of hydrogen-bond acceptors (Lipinski definition) is 6. The van der Waals surface area contributed by atoms with Gasteiger partial charge < -0.3 is 5.32 Å². The van der Waals surface area contributed by atoms with Gasteiger partial charge >= 0.3 is 0 Å². The monoisotopic (exact) mass is 397 g/mol. The number of anilines is 1. The zero-order valence-corrected chi connectivity index (χ0v) is 16.0. The van der Waals surface area contributed by atoms with Crippen LogP contribution >= 0.6 is 11.6 Å². The van der Waals surface area contributed by atoms with Crippen LogP contribution in [-0.4, -0.2) is 52.6 Å². The molecule has 8 nitrogen and oxygen atoms in total. The van der Waals surface area contributed by atoms with E-state index in [0.717, 1.165) is 5.69 Å². The Kier molecular flexibility index (Phi) is 5.31. The van der Waals surface area contributed by atoms with E-state index in [-0.39, 0.29) is 35.0 Å². The Balaban J connectivity index is 1.95. The Labute approximate surface area is 156 Å². The Morgan fingerprint density at radius 1 is 1.31 bits per heavy atom. The van der Waals surface area contributed by atoms with Gasteiger partial charge in [0.25, 0.3) is 5.56 Å². The SMILES string of the molecule is CCn1c(Cl)cnc(N[C@@H]2CN(S(C)(=O)=O)C[C@H]2c2ccccn2)c1=O. The number of pyridine rings is 1. The van der Waals surface area contributed by atoms with E-state index in [9.17, 15) is 13.2 Å². The van der Waals surface area contributed by atoms with Crippen LogP contribution in [0, 0.1) is 0 Å².